The normalized spacial score (nSPS) is 12.6. The third-order valence-corrected chi connectivity index (χ3v) is 16.2. The van der Waals surface area contributed by atoms with Crippen LogP contribution >= 0.6 is 0 Å². The molecule has 0 aromatic heterocycles. The summed E-state index contributed by atoms with van der Waals surface area (Å²) in [6, 6.07) is -0.632. The highest BCUT2D eigenvalue weighted by molar-refractivity contribution is 5.76. The van der Waals surface area contributed by atoms with Crippen LogP contribution in [0.25, 0.3) is 0 Å². The number of hydrogen-bond acceptors (Lipinski definition) is 5. The van der Waals surface area contributed by atoms with Gasteiger partial charge in [0.25, 0.3) is 0 Å². The van der Waals surface area contributed by atoms with E-state index in [0.717, 1.165) is 38.5 Å². The monoisotopic (exact) mass is 1070 g/mol. The molecule has 0 radical (unpaired) electrons. The molecule has 0 bridgehead atoms. The SMILES string of the molecule is CCCCCCCCCCCCCCCCCCCCCCCC/C=C/C(O)C(CO)NC(=O)CCCCCCCCCC/C=C\CCCCCCCCCCCCCCOC(=O)CCCCCCCCCCCCC. The number of aliphatic hydroxyl groups excluding tert-OH is 2. The quantitative estimate of drug-likeness (QED) is 0.0320. The maximum Gasteiger partial charge on any atom is 0.305 e. The summed E-state index contributed by atoms with van der Waals surface area (Å²) < 4.78 is 5.47. The molecular formula is C70H135NO5. The Labute approximate surface area is 475 Å². The van der Waals surface area contributed by atoms with Crippen molar-refractivity contribution in [2.45, 2.75) is 398 Å². The molecule has 0 aliphatic heterocycles. The Hall–Kier alpha value is -1.66. The molecule has 0 aliphatic rings. The van der Waals surface area contributed by atoms with Gasteiger partial charge in [-0.1, -0.05) is 340 Å². The maximum absolute atomic E-state index is 12.5. The Morgan fingerprint density at radius 2 is 0.618 bits per heavy atom. The first-order valence-corrected chi connectivity index (χ1v) is 34.6. The lowest BCUT2D eigenvalue weighted by Crippen LogP contribution is -2.45. The standard InChI is InChI=1S/C70H135NO5/c1-3-5-7-9-11-13-15-16-17-18-19-20-21-24-27-30-33-36-39-43-46-50-54-58-62-68(73)67(66-72)71-69(74)63-59-55-51-47-44-40-37-34-31-28-25-22-23-26-29-32-35-38-41-45-49-53-57-61-65-76-70(75)64-60-56-52-48-42-14-12-10-8-6-4-2/h25,28,58,62,67-68,72-73H,3-24,26-27,29-57,59-61,63-66H2,1-2H3,(H,71,74)/b28-25-,62-58+. The molecule has 0 saturated heterocycles. The molecule has 3 N–H and O–H groups in total. The van der Waals surface area contributed by atoms with Gasteiger partial charge in [-0.15, -0.1) is 0 Å². The smallest absolute Gasteiger partial charge is 0.305 e. The van der Waals surface area contributed by atoms with Gasteiger partial charge in [-0.3, -0.25) is 9.59 Å². The van der Waals surface area contributed by atoms with Crippen molar-refractivity contribution in [1.82, 2.24) is 5.32 Å². The highest BCUT2D eigenvalue weighted by Gasteiger charge is 2.18. The van der Waals surface area contributed by atoms with Gasteiger partial charge < -0.3 is 20.3 Å². The van der Waals surface area contributed by atoms with Crippen molar-refractivity contribution in [3.05, 3.63) is 24.3 Å². The first-order chi connectivity index (χ1) is 37.5. The number of rotatable bonds is 65. The van der Waals surface area contributed by atoms with E-state index in [1.165, 1.54) is 321 Å². The molecule has 2 unspecified atom stereocenters. The van der Waals surface area contributed by atoms with Crippen molar-refractivity contribution < 1.29 is 24.5 Å². The van der Waals surface area contributed by atoms with E-state index in [1.54, 1.807) is 6.08 Å². The number of amides is 1. The third-order valence-electron chi connectivity index (χ3n) is 16.2. The number of ether oxygens (including phenoxy) is 1. The summed E-state index contributed by atoms with van der Waals surface area (Å²) in [5.41, 5.74) is 0. The molecule has 76 heavy (non-hydrogen) atoms. The molecule has 1 amide bonds. The topological polar surface area (TPSA) is 95.9 Å². The van der Waals surface area contributed by atoms with Gasteiger partial charge in [-0.25, -0.2) is 0 Å². The van der Waals surface area contributed by atoms with Gasteiger partial charge in [0.1, 0.15) is 0 Å². The Kier molecular flexibility index (Phi) is 64.4. The van der Waals surface area contributed by atoms with Gasteiger partial charge in [-0.05, 0) is 57.8 Å². The van der Waals surface area contributed by atoms with Crippen molar-refractivity contribution in [3.8, 4) is 0 Å². The molecule has 450 valence electrons. The minimum atomic E-state index is -0.848. The molecule has 0 heterocycles. The molecular weight excluding hydrogens is 935 g/mol. The Bertz CT molecular complexity index is 1190. The van der Waals surface area contributed by atoms with Gasteiger partial charge in [0.2, 0.25) is 5.91 Å². The number of allylic oxidation sites excluding steroid dienone is 3. The fourth-order valence-corrected chi connectivity index (χ4v) is 10.9. The van der Waals surface area contributed by atoms with E-state index in [1.807, 2.05) is 6.08 Å². The number of carbonyl (C=O) groups is 2. The molecule has 0 aromatic rings. The highest BCUT2D eigenvalue weighted by Crippen LogP contribution is 2.18. The molecule has 0 aromatic carbocycles. The fraction of sp³-hybridized carbons (Fsp3) is 0.914. The van der Waals surface area contributed by atoms with Crippen LogP contribution in [-0.2, 0) is 14.3 Å². The number of carbonyl (C=O) groups excluding carboxylic acids is 2. The Morgan fingerprint density at radius 1 is 0.355 bits per heavy atom. The minimum Gasteiger partial charge on any atom is -0.466 e. The van der Waals surface area contributed by atoms with Crippen molar-refractivity contribution in [1.29, 1.82) is 0 Å². The molecule has 0 fully saturated rings. The van der Waals surface area contributed by atoms with Crippen LogP contribution in [0.4, 0.5) is 0 Å². The number of nitrogens with one attached hydrogen (secondary N) is 1. The van der Waals surface area contributed by atoms with Gasteiger partial charge in [-0.2, -0.15) is 0 Å². The zero-order valence-corrected chi connectivity index (χ0v) is 51.5. The van der Waals surface area contributed by atoms with Crippen molar-refractivity contribution in [2.24, 2.45) is 0 Å². The van der Waals surface area contributed by atoms with E-state index in [0.29, 0.717) is 19.4 Å². The molecule has 2 atom stereocenters. The van der Waals surface area contributed by atoms with Crippen molar-refractivity contribution >= 4 is 11.9 Å². The van der Waals surface area contributed by atoms with E-state index < -0.39 is 12.1 Å². The summed E-state index contributed by atoms with van der Waals surface area (Å²) in [6.07, 6.45) is 82.5. The summed E-state index contributed by atoms with van der Waals surface area (Å²) >= 11 is 0. The second-order valence-electron chi connectivity index (χ2n) is 23.9. The van der Waals surface area contributed by atoms with E-state index in [4.69, 9.17) is 4.74 Å². The number of aliphatic hydroxyl groups is 2. The van der Waals surface area contributed by atoms with Crippen molar-refractivity contribution in [3.63, 3.8) is 0 Å². The molecule has 6 nitrogen and oxygen atoms in total. The maximum atomic E-state index is 12.5. The van der Waals surface area contributed by atoms with Crippen LogP contribution in [0.3, 0.4) is 0 Å². The summed E-state index contributed by atoms with van der Waals surface area (Å²) in [4.78, 5) is 24.5. The number of esters is 1. The lowest BCUT2D eigenvalue weighted by Gasteiger charge is -2.20. The first-order valence-electron chi connectivity index (χ1n) is 34.6. The molecule has 0 saturated carbocycles. The third kappa shape index (κ3) is 61.6. The van der Waals surface area contributed by atoms with Crippen LogP contribution in [0.2, 0.25) is 0 Å². The van der Waals surface area contributed by atoms with Gasteiger partial charge in [0.15, 0.2) is 0 Å². The first kappa shape index (κ1) is 74.3. The summed E-state index contributed by atoms with van der Waals surface area (Å²) in [5.74, 6) is -0.0558. The van der Waals surface area contributed by atoms with Gasteiger partial charge in [0.05, 0.1) is 25.4 Å². The van der Waals surface area contributed by atoms with E-state index >= 15 is 0 Å². The van der Waals surface area contributed by atoms with Crippen LogP contribution in [0.5, 0.6) is 0 Å². The van der Waals surface area contributed by atoms with Crippen LogP contribution in [0.15, 0.2) is 24.3 Å². The molecule has 0 aliphatic carbocycles. The average Bonchev–Trinajstić information content (AvgIpc) is 3.42. The predicted octanol–water partition coefficient (Wildman–Crippen LogP) is 22.1. The number of hydrogen-bond donors (Lipinski definition) is 3. The van der Waals surface area contributed by atoms with E-state index in [-0.39, 0.29) is 18.5 Å². The van der Waals surface area contributed by atoms with Gasteiger partial charge >= 0.3 is 5.97 Å². The predicted molar refractivity (Wildman–Crippen MR) is 333 cm³/mol. The average molecular weight is 1070 g/mol. The lowest BCUT2D eigenvalue weighted by atomic mass is 10.0. The van der Waals surface area contributed by atoms with Crippen LogP contribution in [0.1, 0.15) is 386 Å². The lowest BCUT2D eigenvalue weighted by molar-refractivity contribution is -0.143. The van der Waals surface area contributed by atoms with E-state index in [2.05, 4.69) is 31.3 Å². The zero-order valence-electron chi connectivity index (χ0n) is 51.5. The van der Waals surface area contributed by atoms with Crippen LogP contribution in [-0.4, -0.2) is 47.4 Å². The second kappa shape index (κ2) is 65.9. The Balaban J connectivity index is 3.44. The van der Waals surface area contributed by atoms with Crippen molar-refractivity contribution in [2.75, 3.05) is 13.2 Å². The largest absolute Gasteiger partial charge is 0.466 e. The van der Waals surface area contributed by atoms with Gasteiger partial charge in [0, 0.05) is 12.8 Å². The Morgan fingerprint density at radius 3 is 0.934 bits per heavy atom. The number of unbranched alkanes of at least 4 members (excludes halogenated alkanes) is 52. The summed E-state index contributed by atoms with van der Waals surface area (Å²) in [5, 5.41) is 23.3. The van der Waals surface area contributed by atoms with E-state index in [9.17, 15) is 19.8 Å². The zero-order chi connectivity index (χ0) is 55.0. The summed E-state index contributed by atoms with van der Waals surface area (Å²) in [6.45, 7) is 4.93. The molecule has 0 spiro atoms. The molecule has 6 heteroatoms. The second-order valence-corrected chi connectivity index (χ2v) is 23.9. The van der Waals surface area contributed by atoms with Crippen LogP contribution in [0, 0.1) is 0 Å². The molecule has 0 rings (SSSR count). The fourth-order valence-electron chi connectivity index (χ4n) is 10.9. The highest BCUT2D eigenvalue weighted by atomic mass is 16.5. The minimum absolute atomic E-state index is 0.0124. The summed E-state index contributed by atoms with van der Waals surface area (Å²) in [7, 11) is 0. The van der Waals surface area contributed by atoms with Crippen LogP contribution < -0.4 is 5.32 Å².